The van der Waals surface area contributed by atoms with Crippen LogP contribution in [-0.4, -0.2) is 33.8 Å². The fourth-order valence-electron chi connectivity index (χ4n) is 2.60. The number of aromatic nitrogens is 1. The van der Waals surface area contributed by atoms with E-state index >= 15 is 0 Å². The molecule has 7 heteroatoms. The van der Waals surface area contributed by atoms with Crippen LogP contribution < -0.4 is 9.47 Å². The number of hydrogen-bond donors (Lipinski definition) is 0. The van der Waals surface area contributed by atoms with Gasteiger partial charge in [0.2, 0.25) is 0 Å². The van der Waals surface area contributed by atoms with Gasteiger partial charge in [-0.3, -0.25) is 14.7 Å². The zero-order chi connectivity index (χ0) is 19.2. The summed E-state index contributed by atoms with van der Waals surface area (Å²) in [5, 5.41) is 0. The zero-order valence-corrected chi connectivity index (χ0v) is 16.8. The molecule has 140 valence electrons. The average Bonchev–Trinajstić information content (AvgIpc) is 2.95. The summed E-state index contributed by atoms with van der Waals surface area (Å²) in [6, 6.07) is 9.40. The van der Waals surface area contributed by atoms with Crippen LogP contribution in [0.2, 0.25) is 0 Å². The van der Waals surface area contributed by atoms with Crippen molar-refractivity contribution >= 4 is 40.3 Å². The van der Waals surface area contributed by atoms with Crippen molar-refractivity contribution in [2.75, 3.05) is 13.7 Å². The van der Waals surface area contributed by atoms with E-state index in [1.54, 1.807) is 24.4 Å². The number of nitrogens with zero attached hydrogens (tertiary/aromatic N) is 2. The number of carbonyl (C=O) groups excluding carboxylic acids is 1. The minimum absolute atomic E-state index is 0.0381. The number of carbonyl (C=O) groups is 1. The Labute approximate surface area is 168 Å². The van der Waals surface area contributed by atoms with Gasteiger partial charge in [-0.2, -0.15) is 0 Å². The van der Waals surface area contributed by atoms with E-state index in [9.17, 15) is 4.79 Å². The largest absolute Gasteiger partial charge is 0.493 e. The van der Waals surface area contributed by atoms with E-state index in [0.717, 1.165) is 17.5 Å². The quantitative estimate of drug-likeness (QED) is 0.511. The monoisotopic (exact) mass is 400 g/mol. The second-order valence-corrected chi connectivity index (χ2v) is 7.56. The van der Waals surface area contributed by atoms with Gasteiger partial charge in [-0.1, -0.05) is 37.0 Å². The maximum Gasteiger partial charge on any atom is 0.266 e. The standard InChI is InChI=1S/C20H20N2O3S2/c1-3-10-22-19(23)18(27-20(22)26)12-15-4-5-16(17(11-15)24-2)25-13-14-6-8-21-9-7-14/h4-9,11-12H,3,10,13H2,1-2H3/b18-12-. The Bertz CT molecular complexity index is 869. The Balaban J connectivity index is 1.76. The van der Waals surface area contributed by atoms with Crippen LogP contribution in [0.15, 0.2) is 47.6 Å². The number of amides is 1. The molecule has 2 heterocycles. The van der Waals surface area contributed by atoms with Crippen LogP contribution in [0.4, 0.5) is 0 Å². The third kappa shape index (κ3) is 4.67. The van der Waals surface area contributed by atoms with Gasteiger partial charge in [0, 0.05) is 18.9 Å². The lowest BCUT2D eigenvalue weighted by Gasteiger charge is -2.12. The van der Waals surface area contributed by atoms with E-state index in [1.165, 1.54) is 11.8 Å². The van der Waals surface area contributed by atoms with E-state index in [2.05, 4.69) is 4.98 Å². The minimum atomic E-state index is -0.0381. The van der Waals surface area contributed by atoms with Crippen molar-refractivity contribution in [1.29, 1.82) is 0 Å². The molecule has 1 aliphatic heterocycles. The molecule has 2 aromatic rings. The predicted octanol–water partition coefficient (Wildman–Crippen LogP) is 4.28. The SMILES string of the molecule is CCCN1C(=O)/C(=C/c2ccc(OCc3ccncc3)c(OC)c2)SC1=S. The Morgan fingerprint density at radius 3 is 2.70 bits per heavy atom. The van der Waals surface area contributed by atoms with Gasteiger partial charge in [-0.25, -0.2) is 0 Å². The molecule has 1 aliphatic rings. The lowest BCUT2D eigenvalue weighted by atomic mass is 10.2. The number of benzene rings is 1. The number of methoxy groups -OCH3 is 1. The molecule has 1 saturated heterocycles. The van der Waals surface area contributed by atoms with Crippen LogP contribution in [0.1, 0.15) is 24.5 Å². The van der Waals surface area contributed by atoms with Crippen molar-refractivity contribution in [2.24, 2.45) is 0 Å². The minimum Gasteiger partial charge on any atom is -0.493 e. The maximum absolute atomic E-state index is 12.5. The van der Waals surface area contributed by atoms with Crippen molar-refractivity contribution in [2.45, 2.75) is 20.0 Å². The fraction of sp³-hybridized carbons (Fsp3) is 0.250. The van der Waals surface area contributed by atoms with E-state index < -0.39 is 0 Å². The average molecular weight is 401 g/mol. The molecule has 3 rings (SSSR count). The normalized spacial score (nSPS) is 15.5. The molecule has 0 atom stereocenters. The molecule has 0 radical (unpaired) electrons. The first-order valence-electron chi connectivity index (χ1n) is 8.57. The molecule has 5 nitrogen and oxygen atoms in total. The van der Waals surface area contributed by atoms with Crippen LogP contribution in [0.25, 0.3) is 6.08 Å². The molecule has 27 heavy (non-hydrogen) atoms. The summed E-state index contributed by atoms with van der Waals surface area (Å²) in [6.07, 6.45) is 6.17. The smallest absolute Gasteiger partial charge is 0.266 e. The Hall–Kier alpha value is -2.38. The van der Waals surface area contributed by atoms with E-state index in [-0.39, 0.29) is 5.91 Å². The van der Waals surface area contributed by atoms with Gasteiger partial charge in [-0.05, 0) is 47.9 Å². The molecular formula is C20H20N2O3S2. The van der Waals surface area contributed by atoms with Crippen LogP contribution in [0.5, 0.6) is 11.5 Å². The number of ether oxygens (including phenoxy) is 2. The first-order chi connectivity index (χ1) is 13.1. The lowest BCUT2D eigenvalue weighted by Crippen LogP contribution is -2.28. The van der Waals surface area contributed by atoms with Gasteiger partial charge in [0.15, 0.2) is 11.5 Å². The first kappa shape index (κ1) is 19.4. The summed E-state index contributed by atoms with van der Waals surface area (Å²) in [7, 11) is 1.60. The number of rotatable bonds is 7. The molecule has 0 aliphatic carbocycles. The van der Waals surface area contributed by atoms with Gasteiger partial charge < -0.3 is 9.47 Å². The number of pyridine rings is 1. The van der Waals surface area contributed by atoms with Crippen molar-refractivity contribution in [3.63, 3.8) is 0 Å². The third-order valence-corrected chi connectivity index (χ3v) is 5.33. The topological polar surface area (TPSA) is 51.7 Å². The highest BCUT2D eigenvalue weighted by Gasteiger charge is 2.31. The molecule has 0 bridgehead atoms. The van der Waals surface area contributed by atoms with Crippen molar-refractivity contribution in [3.05, 3.63) is 58.8 Å². The summed E-state index contributed by atoms with van der Waals surface area (Å²) in [4.78, 5) is 18.7. The molecule has 0 saturated carbocycles. The van der Waals surface area contributed by atoms with Gasteiger partial charge in [0.25, 0.3) is 5.91 Å². The number of hydrogen-bond acceptors (Lipinski definition) is 6. The second-order valence-electron chi connectivity index (χ2n) is 5.89. The van der Waals surface area contributed by atoms with Crippen LogP contribution in [0.3, 0.4) is 0 Å². The number of thiocarbonyl (C=S) groups is 1. The Morgan fingerprint density at radius 1 is 1.22 bits per heavy atom. The summed E-state index contributed by atoms with van der Waals surface area (Å²) in [5.41, 5.74) is 1.89. The lowest BCUT2D eigenvalue weighted by molar-refractivity contribution is -0.122. The molecule has 1 fully saturated rings. The number of thioether (sulfide) groups is 1. The van der Waals surface area contributed by atoms with Crippen molar-refractivity contribution < 1.29 is 14.3 Å². The summed E-state index contributed by atoms with van der Waals surface area (Å²) in [6.45, 7) is 3.10. The van der Waals surface area contributed by atoms with Crippen molar-refractivity contribution in [3.8, 4) is 11.5 Å². The van der Waals surface area contributed by atoms with E-state index in [0.29, 0.717) is 33.9 Å². The molecule has 1 aromatic carbocycles. The fourth-order valence-corrected chi connectivity index (χ4v) is 3.91. The highest BCUT2D eigenvalue weighted by molar-refractivity contribution is 8.26. The van der Waals surface area contributed by atoms with Crippen LogP contribution >= 0.6 is 24.0 Å². The van der Waals surface area contributed by atoms with Gasteiger partial charge in [-0.15, -0.1) is 0 Å². The van der Waals surface area contributed by atoms with E-state index in [4.69, 9.17) is 21.7 Å². The molecule has 1 amide bonds. The van der Waals surface area contributed by atoms with Crippen LogP contribution in [-0.2, 0) is 11.4 Å². The molecule has 0 spiro atoms. The summed E-state index contributed by atoms with van der Waals surface area (Å²) < 4.78 is 11.9. The second kappa shape index (κ2) is 9.01. The maximum atomic E-state index is 12.5. The third-order valence-electron chi connectivity index (χ3n) is 3.95. The van der Waals surface area contributed by atoms with Crippen molar-refractivity contribution in [1.82, 2.24) is 9.88 Å². The van der Waals surface area contributed by atoms with Gasteiger partial charge >= 0.3 is 0 Å². The zero-order valence-electron chi connectivity index (χ0n) is 15.2. The van der Waals surface area contributed by atoms with E-state index in [1.807, 2.05) is 43.3 Å². The highest BCUT2D eigenvalue weighted by Crippen LogP contribution is 2.35. The summed E-state index contributed by atoms with van der Waals surface area (Å²) >= 11 is 6.64. The van der Waals surface area contributed by atoms with Gasteiger partial charge in [0.1, 0.15) is 10.9 Å². The van der Waals surface area contributed by atoms with Crippen LogP contribution in [0, 0.1) is 0 Å². The predicted molar refractivity (Wildman–Crippen MR) is 112 cm³/mol. The molecular weight excluding hydrogens is 380 g/mol. The first-order valence-corrected chi connectivity index (χ1v) is 9.80. The summed E-state index contributed by atoms with van der Waals surface area (Å²) in [5.74, 6) is 1.22. The van der Waals surface area contributed by atoms with Gasteiger partial charge in [0.05, 0.1) is 12.0 Å². The molecule has 1 aromatic heterocycles. The molecule has 0 N–H and O–H groups in total. The Morgan fingerprint density at radius 2 is 2.00 bits per heavy atom. The molecule has 0 unspecified atom stereocenters. The Kier molecular flexibility index (Phi) is 6.47. The highest BCUT2D eigenvalue weighted by atomic mass is 32.2.